The van der Waals surface area contributed by atoms with Crippen molar-refractivity contribution in [2.75, 3.05) is 13.2 Å². The SMILES string of the molecule is C=CCOc1ccc(C=CCNC(=O)OC(C)(C)C)cc1. The number of hydrogen-bond donors (Lipinski definition) is 1. The van der Waals surface area contributed by atoms with Crippen molar-refractivity contribution >= 4 is 12.2 Å². The summed E-state index contributed by atoms with van der Waals surface area (Å²) in [7, 11) is 0. The molecule has 0 atom stereocenters. The molecule has 0 spiro atoms. The normalized spacial score (nSPS) is 11.2. The summed E-state index contributed by atoms with van der Waals surface area (Å²) < 4.78 is 10.5. The summed E-state index contributed by atoms with van der Waals surface area (Å²) in [5, 5.41) is 2.67. The van der Waals surface area contributed by atoms with E-state index < -0.39 is 11.7 Å². The lowest BCUT2D eigenvalue weighted by Gasteiger charge is -2.19. The predicted octanol–water partition coefficient (Wildman–Crippen LogP) is 3.79. The molecule has 1 aromatic carbocycles. The van der Waals surface area contributed by atoms with Gasteiger partial charge in [0.15, 0.2) is 0 Å². The van der Waals surface area contributed by atoms with E-state index in [2.05, 4.69) is 11.9 Å². The van der Waals surface area contributed by atoms with E-state index in [4.69, 9.17) is 9.47 Å². The molecule has 0 aromatic heterocycles. The summed E-state index contributed by atoms with van der Waals surface area (Å²) in [5.74, 6) is 0.805. The molecule has 0 heterocycles. The van der Waals surface area contributed by atoms with Gasteiger partial charge in [0.25, 0.3) is 0 Å². The van der Waals surface area contributed by atoms with E-state index in [0.717, 1.165) is 11.3 Å². The Morgan fingerprint density at radius 1 is 1.29 bits per heavy atom. The van der Waals surface area contributed by atoms with Gasteiger partial charge in [-0.15, -0.1) is 0 Å². The summed E-state index contributed by atoms with van der Waals surface area (Å²) in [5.41, 5.74) is 0.557. The van der Waals surface area contributed by atoms with Gasteiger partial charge >= 0.3 is 6.09 Å². The first-order chi connectivity index (χ1) is 9.90. The van der Waals surface area contributed by atoms with Gasteiger partial charge in [0.2, 0.25) is 0 Å². The summed E-state index contributed by atoms with van der Waals surface area (Å²) in [6, 6.07) is 7.68. The number of carbonyl (C=O) groups is 1. The maximum Gasteiger partial charge on any atom is 0.407 e. The minimum Gasteiger partial charge on any atom is -0.490 e. The number of nitrogens with one attached hydrogen (secondary N) is 1. The van der Waals surface area contributed by atoms with E-state index in [0.29, 0.717) is 13.2 Å². The third-order valence-corrected chi connectivity index (χ3v) is 2.32. The molecule has 0 radical (unpaired) electrons. The van der Waals surface area contributed by atoms with Crippen molar-refractivity contribution in [3.8, 4) is 5.75 Å². The lowest BCUT2D eigenvalue weighted by atomic mass is 10.2. The average Bonchev–Trinajstić information content (AvgIpc) is 2.41. The van der Waals surface area contributed by atoms with Crippen LogP contribution in [0.3, 0.4) is 0 Å². The van der Waals surface area contributed by atoms with Crippen LogP contribution in [-0.2, 0) is 4.74 Å². The largest absolute Gasteiger partial charge is 0.490 e. The van der Waals surface area contributed by atoms with Gasteiger partial charge in [-0.2, -0.15) is 0 Å². The minimum absolute atomic E-state index is 0.416. The fourth-order valence-corrected chi connectivity index (χ4v) is 1.48. The van der Waals surface area contributed by atoms with Crippen LogP contribution in [0.2, 0.25) is 0 Å². The molecule has 0 aliphatic carbocycles. The zero-order valence-corrected chi connectivity index (χ0v) is 12.9. The average molecular weight is 289 g/mol. The van der Waals surface area contributed by atoms with Crippen LogP contribution in [0.25, 0.3) is 6.08 Å². The van der Waals surface area contributed by atoms with Crippen LogP contribution >= 0.6 is 0 Å². The van der Waals surface area contributed by atoms with Gasteiger partial charge in [-0.25, -0.2) is 4.79 Å². The monoisotopic (exact) mass is 289 g/mol. The Balaban J connectivity index is 2.36. The lowest BCUT2D eigenvalue weighted by molar-refractivity contribution is 0.0534. The van der Waals surface area contributed by atoms with E-state index in [9.17, 15) is 4.79 Å². The molecule has 0 saturated heterocycles. The summed E-state index contributed by atoms with van der Waals surface area (Å²) in [4.78, 5) is 11.4. The first-order valence-electron chi connectivity index (χ1n) is 6.88. The highest BCUT2D eigenvalue weighted by molar-refractivity contribution is 5.68. The first kappa shape index (κ1) is 16.8. The fourth-order valence-electron chi connectivity index (χ4n) is 1.48. The van der Waals surface area contributed by atoms with Crippen molar-refractivity contribution in [1.82, 2.24) is 5.32 Å². The number of hydrogen-bond acceptors (Lipinski definition) is 3. The number of benzene rings is 1. The number of ether oxygens (including phenoxy) is 2. The Morgan fingerprint density at radius 3 is 2.52 bits per heavy atom. The van der Waals surface area contributed by atoms with E-state index in [-0.39, 0.29) is 0 Å². The molecule has 0 saturated carbocycles. The highest BCUT2D eigenvalue weighted by atomic mass is 16.6. The highest BCUT2D eigenvalue weighted by Crippen LogP contribution is 2.13. The van der Waals surface area contributed by atoms with Crippen molar-refractivity contribution in [2.45, 2.75) is 26.4 Å². The fraction of sp³-hybridized carbons (Fsp3) is 0.353. The zero-order valence-electron chi connectivity index (χ0n) is 12.9. The maximum atomic E-state index is 11.4. The quantitative estimate of drug-likeness (QED) is 0.810. The van der Waals surface area contributed by atoms with Gasteiger partial charge in [-0.1, -0.05) is 36.9 Å². The van der Waals surface area contributed by atoms with Gasteiger partial charge in [0, 0.05) is 6.54 Å². The summed E-state index contributed by atoms with van der Waals surface area (Å²) >= 11 is 0. The van der Waals surface area contributed by atoms with Crippen LogP contribution in [0, 0.1) is 0 Å². The number of carbonyl (C=O) groups excluding carboxylic acids is 1. The van der Waals surface area contributed by atoms with Crippen LogP contribution in [-0.4, -0.2) is 24.8 Å². The second-order valence-corrected chi connectivity index (χ2v) is 5.45. The molecule has 114 valence electrons. The molecular formula is C17H23NO3. The first-order valence-corrected chi connectivity index (χ1v) is 6.88. The van der Waals surface area contributed by atoms with E-state index in [1.807, 2.05) is 57.2 Å². The molecular weight excluding hydrogens is 266 g/mol. The molecule has 1 amide bonds. The van der Waals surface area contributed by atoms with Crippen molar-refractivity contribution in [3.63, 3.8) is 0 Å². The number of rotatable bonds is 6. The molecule has 4 nitrogen and oxygen atoms in total. The molecule has 0 unspecified atom stereocenters. The standard InChI is InChI=1S/C17H23NO3/c1-5-13-20-15-10-8-14(9-11-15)7-6-12-18-16(19)21-17(2,3)4/h5-11H,1,12-13H2,2-4H3,(H,18,19). The maximum absolute atomic E-state index is 11.4. The van der Waals surface area contributed by atoms with Gasteiger partial charge in [-0.05, 0) is 38.5 Å². The number of alkyl carbamates (subject to hydrolysis) is 1. The molecule has 0 fully saturated rings. The summed E-state index contributed by atoms with van der Waals surface area (Å²) in [6.45, 7) is 10.0. The zero-order chi connectivity index (χ0) is 15.7. The number of amides is 1. The van der Waals surface area contributed by atoms with Gasteiger partial charge in [0.05, 0.1) is 0 Å². The molecule has 0 aliphatic heterocycles. The second-order valence-electron chi connectivity index (χ2n) is 5.45. The Hall–Kier alpha value is -2.23. The molecule has 1 aromatic rings. The predicted molar refractivity (Wildman–Crippen MR) is 85.4 cm³/mol. The van der Waals surface area contributed by atoms with Crippen molar-refractivity contribution in [1.29, 1.82) is 0 Å². The lowest BCUT2D eigenvalue weighted by Crippen LogP contribution is -2.32. The van der Waals surface area contributed by atoms with Crippen LogP contribution in [0.15, 0.2) is 43.0 Å². The van der Waals surface area contributed by atoms with Crippen LogP contribution < -0.4 is 10.1 Å². The minimum atomic E-state index is -0.477. The van der Waals surface area contributed by atoms with E-state index >= 15 is 0 Å². The Bertz CT molecular complexity index is 484. The third kappa shape index (κ3) is 7.82. The van der Waals surface area contributed by atoms with Gasteiger partial charge in [0.1, 0.15) is 18.0 Å². The molecule has 0 bridgehead atoms. The van der Waals surface area contributed by atoms with E-state index in [1.165, 1.54) is 0 Å². The molecule has 21 heavy (non-hydrogen) atoms. The van der Waals surface area contributed by atoms with Crippen molar-refractivity contribution < 1.29 is 14.3 Å². The van der Waals surface area contributed by atoms with Gasteiger partial charge < -0.3 is 14.8 Å². The van der Waals surface area contributed by atoms with Crippen LogP contribution in [0.5, 0.6) is 5.75 Å². The van der Waals surface area contributed by atoms with E-state index in [1.54, 1.807) is 6.08 Å². The second kappa shape index (κ2) is 8.15. The third-order valence-electron chi connectivity index (χ3n) is 2.32. The smallest absolute Gasteiger partial charge is 0.407 e. The van der Waals surface area contributed by atoms with Crippen LogP contribution in [0.1, 0.15) is 26.3 Å². The van der Waals surface area contributed by atoms with Gasteiger partial charge in [-0.3, -0.25) is 0 Å². The highest BCUT2D eigenvalue weighted by Gasteiger charge is 2.14. The van der Waals surface area contributed by atoms with Crippen molar-refractivity contribution in [2.24, 2.45) is 0 Å². The molecule has 0 aliphatic rings. The van der Waals surface area contributed by atoms with Crippen molar-refractivity contribution in [3.05, 3.63) is 48.6 Å². The topological polar surface area (TPSA) is 47.6 Å². The molecule has 1 rings (SSSR count). The Labute approximate surface area is 126 Å². The summed E-state index contributed by atoms with van der Waals surface area (Å²) in [6.07, 6.45) is 5.08. The van der Waals surface area contributed by atoms with Crippen LogP contribution in [0.4, 0.5) is 4.79 Å². The Morgan fingerprint density at radius 2 is 1.95 bits per heavy atom. The Kier molecular flexibility index (Phi) is 6.53. The molecule has 4 heteroatoms. The molecule has 1 N–H and O–H groups in total.